The summed E-state index contributed by atoms with van der Waals surface area (Å²) in [5, 5.41) is 3.40. The van der Waals surface area contributed by atoms with Crippen molar-refractivity contribution in [2.24, 2.45) is 0 Å². The molecule has 1 atom stereocenters. The monoisotopic (exact) mass is 319 g/mol. The molecule has 0 amide bonds. The first-order chi connectivity index (χ1) is 9.16. The van der Waals surface area contributed by atoms with E-state index in [-0.39, 0.29) is 11.9 Å². The summed E-state index contributed by atoms with van der Waals surface area (Å²) in [6, 6.07) is 16.7. The highest BCUT2D eigenvalue weighted by Gasteiger charge is 2.13. The van der Waals surface area contributed by atoms with Crippen LogP contribution in [0.5, 0.6) is 0 Å². The van der Waals surface area contributed by atoms with Gasteiger partial charge in [0.2, 0.25) is 0 Å². The van der Waals surface area contributed by atoms with Crippen molar-refractivity contribution in [3.63, 3.8) is 0 Å². The first-order valence-electron chi connectivity index (χ1n) is 6.04. The van der Waals surface area contributed by atoms with E-state index in [0.29, 0.717) is 6.54 Å². The molecule has 0 aliphatic heterocycles. The Morgan fingerprint density at radius 1 is 1.05 bits per heavy atom. The van der Waals surface area contributed by atoms with Crippen molar-refractivity contribution >= 4 is 15.9 Å². The molecule has 0 heterocycles. The van der Waals surface area contributed by atoms with Crippen LogP contribution in [0.4, 0.5) is 4.39 Å². The lowest BCUT2D eigenvalue weighted by atomic mass is 9.99. The number of nitrogens with one attached hydrogen (secondary N) is 1. The minimum atomic E-state index is -0.222. The highest BCUT2D eigenvalue weighted by molar-refractivity contribution is 9.11. The third-order valence-electron chi connectivity index (χ3n) is 2.83. The van der Waals surface area contributed by atoms with E-state index in [9.17, 15) is 4.39 Å². The Labute approximate surface area is 121 Å². The predicted molar refractivity (Wildman–Crippen MR) is 80.8 cm³/mol. The van der Waals surface area contributed by atoms with Crippen molar-refractivity contribution < 1.29 is 4.39 Å². The molecule has 0 aromatic heterocycles. The molecule has 19 heavy (non-hydrogen) atoms. The maximum absolute atomic E-state index is 13.0. The lowest BCUT2D eigenvalue weighted by molar-refractivity contribution is 0.619. The second-order valence-electron chi connectivity index (χ2n) is 4.29. The van der Waals surface area contributed by atoms with Gasteiger partial charge in [-0.15, -0.1) is 0 Å². The van der Waals surface area contributed by atoms with E-state index < -0.39 is 0 Å². The van der Waals surface area contributed by atoms with Gasteiger partial charge in [-0.1, -0.05) is 65.0 Å². The molecule has 3 heteroatoms. The van der Waals surface area contributed by atoms with Gasteiger partial charge in [-0.3, -0.25) is 0 Å². The van der Waals surface area contributed by atoms with Gasteiger partial charge < -0.3 is 5.32 Å². The van der Waals surface area contributed by atoms with Crippen molar-refractivity contribution in [2.75, 3.05) is 6.54 Å². The Morgan fingerprint density at radius 2 is 1.63 bits per heavy atom. The van der Waals surface area contributed by atoms with E-state index in [0.717, 1.165) is 15.6 Å². The summed E-state index contributed by atoms with van der Waals surface area (Å²) < 4.78 is 13.9. The third kappa shape index (κ3) is 4.01. The first-order valence-corrected chi connectivity index (χ1v) is 6.83. The zero-order chi connectivity index (χ0) is 13.7. The van der Waals surface area contributed by atoms with Crippen LogP contribution in [0.15, 0.2) is 65.7 Å². The van der Waals surface area contributed by atoms with Crippen LogP contribution in [-0.4, -0.2) is 6.54 Å². The third-order valence-corrected chi connectivity index (χ3v) is 3.11. The quantitative estimate of drug-likeness (QED) is 0.860. The summed E-state index contributed by atoms with van der Waals surface area (Å²) in [4.78, 5) is 0. The standard InChI is InChI=1S/C16H15BrFN/c1-12(17)11-19-16(13-5-3-2-4-6-13)14-7-9-15(18)10-8-14/h2-10,16,19H,1,11H2. The van der Waals surface area contributed by atoms with E-state index >= 15 is 0 Å². The van der Waals surface area contributed by atoms with Crippen molar-refractivity contribution in [2.45, 2.75) is 6.04 Å². The summed E-state index contributed by atoms with van der Waals surface area (Å²) in [6.45, 7) is 4.47. The Bertz CT molecular complexity index is 536. The van der Waals surface area contributed by atoms with Crippen LogP contribution in [0.2, 0.25) is 0 Å². The number of rotatable bonds is 5. The fourth-order valence-electron chi connectivity index (χ4n) is 1.94. The minimum absolute atomic E-state index is 0.0242. The van der Waals surface area contributed by atoms with Gasteiger partial charge in [0.15, 0.2) is 0 Å². The van der Waals surface area contributed by atoms with Crippen molar-refractivity contribution in [3.05, 3.63) is 82.6 Å². The molecule has 0 aliphatic rings. The average Bonchev–Trinajstić information content (AvgIpc) is 2.42. The van der Waals surface area contributed by atoms with Gasteiger partial charge in [0.1, 0.15) is 5.82 Å². The molecule has 1 N–H and O–H groups in total. The molecule has 2 aromatic rings. The lowest BCUT2D eigenvalue weighted by Gasteiger charge is -2.19. The number of hydrogen-bond acceptors (Lipinski definition) is 1. The van der Waals surface area contributed by atoms with Crippen LogP contribution < -0.4 is 5.32 Å². The zero-order valence-electron chi connectivity index (χ0n) is 10.4. The minimum Gasteiger partial charge on any atom is -0.302 e. The van der Waals surface area contributed by atoms with Crippen LogP contribution in [0.25, 0.3) is 0 Å². The fraction of sp³-hybridized carbons (Fsp3) is 0.125. The van der Waals surface area contributed by atoms with Gasteiger partial charge in [0, 0.05) is 11.0 Å². The van der Waals surface area contributed by atoms with Crippen LogP contribution in [-0.2, 0) is 0 Å². The van der Waals surface area contributed by atoms with E-state index in [1.165, 1.54) is 12.1 Å². The van der Waals surface area contributed by atoms with Crippen LogP contribution in [0.3, 0.4) is 0 Å². The van der Waals surface area contributed by atoms with Crippen LogP contribution >= 0.6 is 15.9 Å². The molecule has 0 spiro atoms. The number of benzene rings is 2. The Morgan fingerprint density at radius 3 is 2.21 bits per heavy atom. The normalized spacial score (nSPS) is 12.1. The van der Waals surface area contributed by atoms with Gasteiger partial charge in [0.05, 0.1) is 6.04 Å². The molecule has 0 fully saturated rings. The molecule has 2 rings (SSSR count). The van der Waals surface area contributed by atoms with E-state index in [1.807, 2.05) is 18.2 Å². The molecular weight excluding hydrogens is 305 g/mol. The summed E-state index contributed by atoms with van der Waals surface area (Å²) in [5.41, 5.74) is 2.17. The average molecular weight is 320 g/mol. The van der Waals surface area contributed by atoms with Gasteiger partial charge in [-0.2, -0.15) is 0 Å². The van der Waals surface area contributed by atoms with Crippen molar-refractivity contribution in [3.8, 4) is 0 Å². The highest BCUT2D eigenvalue weighted by atomic mass is 79.9. The lowest BCUT2D eigenvalue weighted by Crippen LogP contribution is -2.23. The zero-order valence-corrected chi connectivity index (χ0v) is 12.0. The maximum Gasteiger partial charge on any atom is 0.123 e. The van der Waals surface area contributed by atoms with E-state index in [2.05, 4.69) is 40.0 Å². The SMILES string of the molecule is C=C(Br)CNC(c1ccccc1)c1ccc(F)cc1. The number of halogens is 2. The van der Waals surface area contributed by atoms with Gasteiger partial charge >= 0.3 is 0 Å². The number of hydrogen-bond donors (Lipinski definition) is 1. The molecule has 0 aliphatic carbocycles. The Kier molecular flexibility index (Phi) is 4.88. The largest absolute Gasteiger partial charge is 0.302 e. The smallest absolute Gasteiger partial charge is 0.123 e. The molecule has 2 aromatic carbocycles. The molecule has 0 radical (unpaired) electrons. The summed E-state index contributed by atoms with van der Waals surface area (Å²) >= 11 is 3.34. The summed E-state index contributed by atoms with van der Waals surface area (Å²) in [5.74, 6) is -0.222. The first kappa shape index (κ1) is 14.0. The second-order valence-corrected chi connectivity index (χ2v) is 5.41. The molecule has 1 unspecified atom stereocenters. The van der Waals surface area contributed by atoms with E-state index in [1.54, 1.807) is 12.1 Å². The predicted octanol–water partition coefficient (Wildman–Crippen LogP) is 4.41. The highest BCUT2D eigenvalue weighted by Crippen LogP contribution is 2.22. The van der Waals surface area contributed by atoms with Gasteiger partial charge in [-0.05, 0) is 23.3 Å². The molecule has 98 valence electrons. The topological polar surface area (TPSA) is 12.0 Å². The van der Waals surface area contributed by atoms with Crippen molar-refractivity contribution in [1.29, 1.82) is 0 Å². The summed E-state index contributed by atoms with van der Waals surface area (Å²) in [7, 11) is 0. The molecule has 0 saturated heterocycles. The van der Waals surface area contributed by atoms with Crippen molar-refractivity contribution in [1.82, 2.24) is 5.32 Å². The second kappa shape index (κ2) is 6.64. The summed E-state index contributed by atoms with van der Waals surface area (Å²) in [6.07, 6.45) is 0. The molecular formula is C16H15BrFN. The van der Waals surface area contributed by atoms with Crippen LogP contribution in [0.1, 0.15) is 17.2 Å². The van der Waals surface area contributed by atoms with Gasteiger partial charge in [-0.25, -0.2) is 4.39 Å². The molecule has 1 nitrogen and oxygen atoms in total. The fourth-order valence-corrected chi connectivity index (χ4v) is 2.10. The Hall–Kier alpha value is -1.45. The van der Waals surface area contributed by atoms with Crippen LogP contribution in [0, 0.1) is 5.82 Å². The Balaban J connectivity index is 2.28. The molecule has 0 saturated carbocycles. The molecule has 0 bridgehead atoms. The maximum atomic E-state index is 13.0. The van der Waals surface area contributed by atoms with E-state index in [4.69, 9.17) is 0 Å². The van der Waals surface area contributed by atoms with Gasteiger partial charge in [0.25, 0.3) is 0 Å².